The Morgan fingerprint density at radius 3 is 2.48 bits per heavy atom. The standard InChI is InChI=1S/C20H25FN2OS/c21-17-3-1-2-16(9-17)18-23(4-5-25-18)19(24)22-20-10-13-6-14(11-20)8-15(7-13)12-20/h1-3,9,13-15,18H,4-8,10-12H2,(H,22,24)/t13?,14?,15?,18-,20?/m0/s1. The van der Waals surface area contributed by atoms with Crippen molar-refractivity contribution in [3.8, 4) is 0 Å². The summed E-state index contributed by atoms with van der Waals surface area (Å²) in [6, 6.07) is 6.74. The van der Waals surface area contributed by atoms with Crippen LogP contribution in [0.25, 0.3) is 0 Å². The fraction of sp³-hybridized carbons (Fsp3) is 0.650. The van der Waals surface area contributed by atoms with E-state index in [9.17, 15) is 9.18 Å². The Balaban J connectivity index is 1.34. The van der Waals surface area contributed by atoms with Crippen LogP contribution in [-0.4, -0.2) is 28.8 Å². The number of carbonyl (C=O) groups excluding carboxylic acids is 1. The molecule has 5 aliphatic rings. The van der Waals surface area contributed by atoms with Gasteiger partial charge in [0.1, 0.15) is 11.2 Å². The predicted octanol–water partition coefficient (Wildman–Crippen LogP) is 4.55. The predicted molar refractivity (Wildman–Crippen MR) is 97.7 cm³/mol. The number of thioether (sulfide) groups is 1. The lowest BCUT2D eigenvalue weighted by Gasteiger charge is -2.57. The molecule has 0 aromatic heterocycles. The first kappa shape index (κ1) is 16.0. The van der Waals surface area contributed by atoms with Crippen LogP contribution in [-0.2, 0) is 0 Å². The van der Waals surface area contributed by atoms with E-state index in [1.165, 1.54) is 25.3 Å². The van der Waals surface area contributed by atoms with Gasteiger partial charge in [0.15, 0.2) is 0 Å². The van der Waals surface area contributed by atoms with E-state index in [2.05, 4.69) is 5.32 Å². The minimum atomic E-state index is -0.230. The zero-order chi connectivity index (χ0) is 17.0. The molecule has 0 spiro atoms. The minimum Gasteiger partial charge on any atom is -0.332 e. The quantitative estimate of drug-likeness (QED) is 0.839. The summed E-state index contributed by atoms with van der Waals surface area (Å²) < 4.78 is 13.6. The van der Waals surface area contributed by atoms with Crippen molar-refractivity contribution >= 4 is 17.8 Å². The smallest absolute Gasteiger partial charge is 0.319 e. The molecule has 1 aromatic carbocycles. The number of benzene rings is 1. The Hall–Kier alpha value is -1.23. The van der Waals surface area contributed by atoms with Gasteiger partial charge in [0.2, 0.25) is 0 Å². The van der Waals surface area contributed by atoms with Gasteiger partial charge in [0, 0.05) is 17.8 Å². The molecule has 1 atom stereocenters. The molecule has 134 valence electrons. The van der Waals surface area contributed by atoms with Gasteiger partial charge in [0.05, 0.1) is 0 Å². The largest absolute Gasteiger partial charge is 0.332 e. The number of halogens is 1. The lowest BCUT2D eigenvalue weighted by molar-refractivity contribution is -0.0156. The van der Waals surface area contributed by atoms with Crippen LogP contribution in [0.15, 0.2) is 24.3 Å². The van der Waals surface area contributed by atoms with E-state index in [-0.39, 0.29) is 22.8 Å². The lowest BCUT2D eigenvalue weighted by atomic mass is 9.53. The van der Waals surface area contributed by atoms with E-state index in [1.54, 1.807) is 23.9 Å². The zero-order valence-corrected chi connectivity index (χ0v) is 15.2. The molecule has 1 saturated heterocycles. The maximum absolute atomic E-state index is 13.6. The summed E-state index contributed by atoms with van der Waals surface area (Å²) in [6.45, 7) is 0.740. The van der Waals surface area contributed by atoms with Crippen molar-refractivity contribution in [1.82, 2.24) is 10.2 Å². The van der Waals surface area contributed by atoms with Crippen molar-refractivity contribution < 1.29 is 9.18 Å². The molecule has 4 bridgehead atoms. The van der Waals surface area contributed by atoms with Crippen LogP contribution in [0.1, 0.15) is 49.5 Å². The van der Waals surface area contributed by atoms with E-state index < -0.39 is 0 Å². The zero-order valence-electron chi connectivity index (χ0n) is 14.4. The van der Waals surface area contributed by atoms with Gasteiger partial charge in [-0.2, -0.15) is 0 Å². The molecule has 0 unspecified atom stereocenters. The number of carbonyl (C=O) groups is 1. The number of nitrogens with one attached hydrogen (secondary N) is 1. The van der Waals surface area contributed by atoms with Crippen molar-refractivity contribution in [2.45, 2.75) is 49.4 Å². The molecule has 4 saturated carbocycles. The summed E-state index contributed by atoms with van der Waals surface area (Å²) in [5, 5.41) is 3.40. The number of hydrogen-bond acceptors (Lipinski definition) is 2. The molecule has 5 fully saturated rings. The molecule has 0 radical (unpaired) electrons. The van der Waals surface area contributed by atoms with Crippen LogP contribution in [0.3, 0.4) is 0 Å². The fourth-order valence-corrected chi connectivity index (χ4v) is 7.42. The molecule has 6 rings (SSSR count). The summed E-state index contributed by atoms with van der Waals surface area (Å²) in [5.41, 5.74) is 0.925. The monoisotopic (exact) mass is 360 g/mol. The van der Waals surface area contributed by atoms with Crippen molar-refractivity contribution in [3.63, 3.8) is 0 Å². The molecule has 1 heterocycles. The first-order valence-electron chi connectivity index (χ1n) is 9.56. The molecule has 1 N–H and O–H groups in total. The average molecular weight is 360 g/mol. The Labute approximate surface area is 152 Å². The van der Waals surface area contributed by atoms with Gasteiger partial charge in [-0.25, -0.2) is 9.18 Å². The molecule has 3 nitrogen and oxygen atoms in total. The van der Waals surface area contributed by atoms with Gasteiger partial charge in [-0.05, 0) is 74.0 Å². The van der Waals surface area contributed by atoms with Gasteiger partial charge >= 0.3 is 6.03 Å². The fourth-order valence-electron chi connectivity index (χ4n) is 6.18. The summed E-state index contributed by atoms with van der Waals surface area (Å²) in [4.78, 5) is 15.0. The Morgan fingerprint density at radius 1 is 1.16 bits per heavy atom. The first-order chi connectivity index (χ1) is 12.1. The van der Waals surface area contributed by atoms with Crippen LogP contribution >= 0.6 is 11.8 Å². The molecule has 4 aliphatic carbocycles. The molecule has 2 amide bonds. The number of hydrogen-bond donors (Lipinski definition) is 1. The highest BCUT2D eigenvalue weighted by molar-refractivity contribution is 7.99. The Morgan fingerprint density at radius 2 is 1.84 bits per heavy atom. The van der Waals surface area contributed by atoms with E-state index in [4.69, 9.17) is 0 Å². The topological polar surface area (TPSA) is 32.3 Å². The highest BCUT2D eigenvalue weighted by Crippen LogP contribution is 2.55. The number of urea groups is 1. The maximum atomic E-state index is 13.6. The van der Waals surface area contributed by atoms with Crippen LogP contribution in [0.5, 0.6) is 0 Å². The SMILES string of the molecule is O=C(NC12CC3CC(CC(C3)C1)C2)N1CCS[C@H]1c1cccc(F)c1. The second kappa shape index (κ2) is 5.90. The molecule has 1 aromatic rings. The summed E-state index contributed by atoms with van der Waals surface area (Å²) in [7, 11) is 0. The van der Waals surface area contributed by atoms with Crippen molar-refractivity contribution in [2.75, 3.05) is 12.3 Å². The number of nitrogens with zero attached hydrogens (tertiary/aromatic N) is 1. The number of rotatable bonds is 2. The third-order valence-electron chi connectivity index (χ3n) is 6.70. The van der Waals surface area contributed by atoms with E-state index >= 15 is 0 Å². The second-order valence-electron chi connectivity index (χ2n) is 8.60. The average Bonchev–Trinajstić information content (AvgIpc) is 3.03. The summed E-state index contributed by atoms with van der Waals surface area (Å²) in [6.07, 6.45) is 7.62. The van der Waals surface area contributed by atoms with Crippen LogP contribution in [0.4, 0.5) is 9.18 Å². The van der Waals surface area contributed by atoms with Crippen LogP contribution < -0.4 is 5.32 Å². The van der Waals surface area contributed by atoms with Crippen molar-refractivity contribution in [1.29, 1.82) is 0 Å². The van der Waals surface area contributed by atoms with Crippen LogP contribution in [0, 0.1) is 23.6 Å². The highest BCUT2D eigenvalue weighted by Gasteiger charge is 2.52. The first-order valence-corrected chi connectivity index (χ1v) is 10.6. The molecule has 1 aliphatic heterocycles. The second-order valence-corrected chi connectivity index (χ2v) is 9.79. The van der Waals surface area contributed by atoms with E-state index in [1.807, 2.05) is 11.0 Å². The molecular formula is C20H25FN2OS. The van der Waals surface area contributed by atoms with Crippen LogP contribution in [0.2, 0.25) is 0 Å². The van der Waals surface area contributed by atoms with E-state index in [0.717, 1.165) is 54.9 Å². The minimum absolute atomic E-state index is 0.0333. The summed E-state index contributed by atoms with van der Waals surface area (Å²) >= 11 is 1.73. The molecule has 25 heavy (non-hydrogen) atoms. The van der Waals surface area contributed by atoms with Gasteiger partial charge in [-0.1, -0.05) is 12.1 Å². The van der Waals surface area contributed by atoms with Gasteiger partial charge < -0.3 is 10.2 Å². The van der Waals surface area contributed by atoms with Gasteiger partial charge in [-0.3, -0.25) is 0 Å². The van der Waals surface area contributed by atoms with Crippen molar-refractivity contribution in [3.05, 3.63) is 35.6 Å². The highest BCUT2D eigenvalue weighted by atomic mass is 32.2. The molecule has 5 heteroatoms. The normalized spacial score (nSPS) is 39.0. The van der Waals surface area contributed by atoms with E-state index in [0.29, 0.717) is 0 Å². The third-order valence-corrected chi connectivity index (χ3v) is 7.96. The Kier molecular flexibility index (Phi) is 3.77. The van der Waals surface area contributed by atoms with Gasteiger partial charge in [-0.15, -0.1) is 11.8 Å². The summed E-state index contributed by atoms with van der Waals surface area (Å²) in [5.74, 6) is 3.14. The van der Waals surface area contributed by atoms with Crippen molar-refractivity contribution in [2.24, 2.45) is 17.8 Å². The number of amides is 2. The van der Waals surface area contributed by atoms with Gasteiger partial charge in [0.25, 0.3) is 0 Å². The third kappa shape index (κ3) is 2.84. The maximum Gasteiger partial charge on any atom is 0.319 e. The molecular weight excluding hydrogens is 335 g/mol. The Bertz CT molecular complexity index is 659. The lowest BCUT2D eigenvalue weighted by Crippen LogP contribution is -2.61.